The summed E-state index contributed by atoms with van der Waals surface area (Å²) in [6.07, 6.45) is 0. The highest BCUT2D eigenvalue weighted by molar-refractivity contribution is 8.00. The molecule has 1 heterocycles. The third kappa shape index (κ3) is 5.75. The summed E-state index contributed by atoms with van der Waals surface area (Å²) in [5.41, 5.74) is 3.51. The fraction of sp³-hybridized carbons (Fsp3) is 0.160. The van der Waals surface area contributed by atoms with E-state index in [1.165, 1.54) is 4.70 Å². The van der Waals surface area contributed by atoms with Gasteiger partial charge >= 0.3 is 5.97 Å². The first-order chi connectivity index (χ1) is 15.6. The van der Waals surface area contributed by atoms with Crippen LogP contribution in [-0.2, 0) is 15.3 Å². The number of amides is 1. The zero-order chi connectivity index (χ0) is 22.3. The van der Waals surface area contributed by atoms with E-state index in [9.17, 15) is 9.59 Å². The van der Waals surface area contributed by atoms with Crippen molar-refractivity contribution in [2.75, 3.05) is 6.61 Å². The van der Waals surface area contributed by atoms with Gasteiger partial charge < -0.3 is 10.1 Å². The van der Waals surface area contributed by atoms with Crippen LogP contribution in [0.1, 0.15) is 34.5 Å². The number of hydrogen-bond acceptors (Lipinski definition) is 6. The Bertz CT molecular complexity index is 1170. The maximum absolute atomic E-state index is 12.3. The monoisotopic (exact) mass is 462 g/mol. The van der Waals surface area contributed by atoms with E-state index in [1.807, 2.05) is 67.6 Å². The number of nitrogens with one attached hydrogen (secondary N) is 1. The molecule has 1 amide bonds. The molecule has 162 valence electrons. The molecule has 0 aliphatic heterocycles. The van der Waals surface area contributed by atoms with Crippen LogP contribution in [-0.4, -0.2) is 23.5 Å². The molecular weight excluding hydrogens is 440 g/mol. The Balaban J connectivity index is 1.25. The fourth-order valence-corrected chi connectivity index (χ4v) is 5.14. The van der Waals surface area contributed by atoms with E-state index in [2.05, 4.69) is 16.4 Å². The topological polar surface area (TPSA) is 68.3 Å². The minimum Gasteiger partial charge on any atom is -0.452 e. The highest BCUT2D eigenvalue weighted by Gasteiger charge is 2.13. The summed E-state index contributed by atoms with van der Waals surface area (Å²) < 4.78 is 7.36. The van der Waals surface area contributed by atoms with E-state index in [0.29, 0.717) is 5.56 Å². The molecule has 0 saturated heterocycles. The third-order valence-electron chi connectivity index (χ3n) is 4.84. The number of esters is 1. The summed E-state index contributed by atoms with van der Waals surface area (Å²) in [4.78, 5) is 29.0. The lowest BCUT2D eigenvalue weighted by atomic mass is 10.1. The number of thioether (sulfide) groups is 1. The van der Waals surface area contributed by atoms with Crippen molar-refractivity contribution in [2.24, 2.45) is 0 Å². The van der Waals surface area contributed by atoms with Gasteiger partial charge in [0, 0.05) is 5.75 Å². The molecule has 0 radical (unpaired) electrons. The molecule has 3 aromatic carbocycles. The van der Waals surface area contributed by atoms with Gasteiger partial charge in [-0.2, -0.15) is 0 Å². The van der Waals surface area contributed by atoms with E-state index in [-0.39, 0.29) is 18.6 Å². The number of rotatable bonds is 8. The van der Waals surface area contributed by atoms with E-state index in [1.54, 1.807) is 35.2 Å². The van der Waals surface area contributed by atoms with Gasteiger partial charge in [0.1, 0.15) is 0 Å². The number of hydrogen-bond donors (Lipinski definition) is 1. The Kier molecular flexibility index (Phi) is 7.19. The molecular formula is C25H22N2O3S2. The summed E-state index contributed by atoms with van der Waals surface area (Å²) in [5.74, 6) is -0.0917. The van der Waals surface area contributed by atoms with Crippen LogP contribution in [0, 0.1) is 0 Å². The van der Waals surface area contributed by atoms with Gasteiger partial charge in [0.25, 0.3) is 5.91 Å². The zero-order valence-corrected chi connectivity index (χ0v) is 19.1. The number of nitrogens with zero attached hydrogens (tertiary/aromatic N) is 1. The van der Waals surface area contributed by atoms with Crippen LogP contribution in [0.5, 0.6) is 0 Å². The van der Waals surface area contributed by atoms with Crippen molar-refractivity contribution in [3.8, 4) is 0 Å². The Morgan fingerprint density at radius 1 is 1.00 bits per heavy atom. The van der Waals surface area contributed by atoms with Crippen molar-refractivity contribution in [1.29, 1.82) is 0 Å². The lowest BCUT2D eigenvalue weighted by molar-refractivity contribution is -0.124. The van der Waals surface area contributed by atoms with Crippen LogP contribution in [0.15, 0.2) is 83.2 Å². The van der Waals surface area contributed by atoms with Crippen LogP contribution in [0.3, 0.4) is 0 Å². The van der Waals surface area contributed by atoms with Crippen LogP contribution in [0.25, 0.3) is 10.2 Å². The largest absolute Gasteiger partial charge is 0.452 e. The Morgan fingerprint density at radius 3 is 2.47 bits per heavy atom. The lowest BCUT2D eigenvalue weighted by Crippen LogP contribution is -2.31. The van der Waals surface area contributed by atoms with Crippen LogP contribution < -0.4 is 5.32 Å². The van der Waals surface area contributed by atoms with Crippen LogP contribution >= 0.6 is 23.1 Å². The van der Waals surface area contributed by atoms with Crippen LogP contribution in [0.2, 0.25) is 0 Å². The third-order valence-corrected chi connectivity index (χ3v) is 7.09. The van der Waals surface area contributed by atoms with Gasteiger partial charge in [0.2, 0.25) is 0 Å². The molecule has 1 aromatic heterocycles. The van der Waals surface area contributed by atoms with Gasteiger partial charge in [-0.1, -0.05) is 66.4 Å². The number of benzene rings is 3. The molecule has 1 N–H and O–H groups in total. The summed E-state index contributed by atoms with van der Waals surface area (Å²) in [7, 11) is 0. The lowest BCUT2D eigenvalue weighted by Gasteiger charge is -2.14. The fourth-order valence-electron chi connectivity index (χ4n) is 3.12. The van der Waals surface area contributed by atoms with Crippen molar-refractivity contribution in [1.82, 2.24) is 10.3 Å². The molecule has 0 spiro atoms. The van der Waals surface area contributed by atoms with E-state index in [0.717, 1.165) is 26.7 Å². The molecule has 4 rings (SSSR count). The first-order valence-electron chi connectivity index (χ1n) is 10.2. The molecule has 0 unspecified atom stereocenters. The second-order valence-corrected chi connectivity index (χ2v) is 9.46. The van der Waals surface area contributed by atoms with Gasteiger partial charge in [-0.25, -0.2) is 9.78 Å². The Morgan fingerprint density at radius 2 is 1.72 bits per heavy atom. The van der Waals surface area contributed by atoms with E-state index < -0.39 is 5.97 Å². The normalized spacial score (nSPS) is 11.8. The van der Waals surface area contributed by atoms with Crippen molar-refractivity contribution in [2.45, 2.75) is 23.1 Å². The number of carbonyl (C=O) groups is 2. The summed E-state index contributed by atoms with van der Waals surface area (Å²) in [6.45, 7) is 1.57. The quantitative estimate of drug-likeness (QED) is 0.272. The van der Waals surface area contributed by atoms with Gasteiger partial charge in [-0.3, -0.25) is 4.79 Å². The molecule has 7 heteroatoms. The SMILES string of the molecule is C[C@@H](NC(=O)COC(=O)c1ccc(CSc2nc3ccccc3s2)cc1)c1ccccc1. The predicted molar refractivity (Wildman–Crippen MR) is 129 cm³/mol. The molecule has 0 aliphatic rings. The first kappa shape index (κ1) is 22.0. The van der Waals surface area contributed by atoms with Gasteiger partial charge in [-0.05, 0) is 42.3 Å². The molecule has 0 aliphatic carbocycles. The van der Waals surface area contributed by atoms with Crippen molar-refractivity contribution >= 4 is 45.2 Å². The second kappa shape index (κ2) is 10.4. The number of carbonyl (C=O) groups excluding carboxylic acids is 2. The molecule has 0 bridgehead atoms. The number of ether oxygens (including phenoxy) is 1. The van der Waals surface area contributed by atoms with Crippen molar-refractivity contribution in [3.63, 3.8) is 0 Å². The second-order valence-electron chi connectivity index (χ2n) is 7.21. The minimum absolute atomic E-state index is 0.158. The highest BCUT2D eigenvalue weighted by Crippen LogP contribution is 2.31. The average Bonchev–Trinajstić information content (AvgIpc) is 3.25. The number of aromatic nitrogens is 1. The molecule has 5 nitrogen and oxygen atoms in total. The number of para-hydroxylation sites is 1. The summed E-state index contributed by atoms with van der Waals surface area (Å²) >= 11 is 3.35. The maximum atomic E-state index is 12.3. The van der Waals surface area contributed by atoms with Gasteiger partial charge in [0.15, 0.2) is 10.9 Å². The minimum atomic E-state index is -0.516. The van der Waals surface area contributed by atoms with Crippen molar-refractivity contribution in [3.05, 3.63) is 95.6 Å². The van der Waals surface area contributed by atoms with Gasteiger partial charge in [0.05, 0.1) is 21.8 Å². The van der Waals surface area contributed by atoms with Crippen LogP contribution in [0.4, 0.5) is 0 Å². The molecule has 0 saturated carbocycles. The Labute approximate surface area is 194 Å². The highest BCUT2D eigenvalue weighted by atomic mass is 32.2. The number of thiazole rings is 1. The van der Waals surface area contributed by atoms with E-state index in [4.69, 9.17) is 4.74 Å². The molecule has 32 heavy (non-hydrogen) atoms. The number of fused-ring (bicyclic) bond motifs is 1. The van der Waals surface area contributed by atoms with Crippen molar-refractivity contribution < 1.29 is 14.3 Å². The summed E-state index contributed by atoms with van der Waals surface area (Å²) in [6, 6.07) is 24.8. The molecule has 4 aromatic rings. The van der Waals surface area contributed by atoms with Gasteiger partial charge in [-0.15, -0.1) is 11.3 Å². The van der Waals surface area contributed by atoms with E-state index >= 15 is 0 Å². The molecule has 1 atom stereocenters. The average molecular weight is 463 g/mol. The summed E-state index contributed by atoms with van der Waals surface area (Å²) in [5, 5.41) is 2.83. The standard InChI is InChI=1S/C25H22N2O3S2/c1-17(19-7-3-2-4-8-19)26-23(28)15-30-24(29)20-13-11-18(12-14-20)16-31-25-27-21-9-5-6-10-22(21)32-25/h2-14,17H,15-16H2,1H3,(H,26,28)/t17-/m1/s1. The predicted octanol–water partition coefficient (Wildman–Crippen LogP) is 5.62. The Hall–Kier alpha value is -3.16. The smallest absolute Gasteiger partial charge is 0.338 e. The maximum Gasteiger partial charge on any atom is 0.338 e. The molecule has 0 fully saturated rings. The zero-order valence-electron chi connectivity index (χ0n) is 17.5. The first-order valence-corrected chi connectivity index (χ1v) is 12.0.